The van der Waals surface area contributed by atoms with Crippen molar-refractivity contribution in [1.82, 2.24) is 4.72 Å². The number of carbonyl (C=O) groups excluding carboxylic acids is 1. The number of nitrogens with one attached hydrogen (secondary N) is 2. The molecule has 0 aromatic heterocycles. The Balaban J connectivity index is 1.91. The maximum Gasteiger partial charge on any atom is 0.240 e. The van der Waals surface area contributed by atoms with Crippen LogP contribution in [-0.2, 0) is 21.2 Å². The Morgan fingerprint density at radius 3 is 2.52 bits per heavy atom. The fraction of sp³-hybridized carbons (Fsp3) is 0.316. The van der Waals surface area contributed by atoms with Crippen molar-refractivity contribution in [2.45, 2.75) is 38.5 Å². The first-order valence-corrected chi connectivity index (χ1v) is 9.76. The van der Waals surface area contributed by atoms with Crippen molar-refractivity contribution in [2.75, 3.05) is 11.9 Å². The minimum Gasteiger partial charge on any atom is -0.326 e. The van der Waals surface area contributed by atoms with Crippen LogP contribution in [0.1, 0.15) is 30.0 Å². The van der Waals surface area contributed by atoms with Gasteiger partial charge in [0.2, 0.25) is 15.9 Å². The van der Waals surface area contributed by atoms with Crippen molar-refractivity contribution in [3.63, 3.8) is 0 Å². The Morgan fingerprint density at radius 1 is 1.08 bits per heavy atom. The number of sulfonamides is 1. The van der Waals surface area contributed by atoms with Crippen LogP contribution >= 0.6 is 0 Å². The van der Waals surface area contributed by atoms with E-state index in [1.54, 1.807) is 19.1 Å². The predicted molar refractivity (Wildman–Crippen MR) is 100 cm³/mol. The molecule has 0 saturated heterocycles. The monoisotopic (exact) mass is 360 g/mol. The molecule has 1 amide bonds. The summed E-state index contributed by atoms with van der Waals surface area (Å²) in [5, 5.41) is 2.79. The number of benzene rings is 2. The summed E-state index contributed by atoms with van der Waals surface area (Å²) in [6.07, 6.45) is 0.958. The van der Waals surface area contributed by atoms with Crippen molar-refractivity contribution < 1.29 is 13.2 Å². The highest BCUT2D eigenvalue weighted by atomic mass is 32.2. The van der Waals surface area contributed by atoms with Gasteiger partial charge in [0.25, 0.3) is 0 Å². The second kappa shape index (κ2) is 8.27. The second-order valence-electron chi connectivity index (χ2n) is 6.02. The van der Waals surface area contributed by atoms with Gasteiger partial charge >= 0.3 is 0 Å². The molecule has 2 rings (SSSR count). The molecule has 0 unspecified atom stereocenters. The lowest BCUT2D eigenvalue weighted by molar-refractivity contribution is -0.116. The van der Waals surface area contributed by atoms with E-state index in [4.69, 9.17) is 0 Å². The first kappa shape index (κ1) is 19.1. The number of hydrogen-bond acceptors (Lipinski definition) is 3. The molecular weight excluding hydrogens is 336 g/mol. The highest BCUT2D eigenvalue weighted by Crippen LogP contribution is 2.16. The van der Waals surface area contributed by atoms with E-state index >= 15 is 0 Å². The van der Waals surface area contributed by atoms with Crippen LogP contribution in [0, 0.1) is 13.8 Å². The van der Waals surface area contributed by atoms with E-state index in [0.29, 0.717) is 5.56 Å². The molecule has 0 spiro atoms. The first-order valence-electron chi connectivity index (χ1n) is 8.27. The SMILES string of the molecule is CCc1cccc(NC(=O)CCNS(=O)(=O)c2ccc(C)cc2C)c1. The largest absolute Gasteiger partial charge is 0.326 e. The molecule has 5 nitrogen and oxygen atoms in total. The normalized spacial score (nSPS) is 11.3. The quantitative estimate of drug-likeness (QED) is 0.796. The molecule has 0 aliphatic carbocycles. The molecule has 0 atom stereocenters. The van der Waals surface area contributed by atoms with Crippen LogP contribution in [0.15, 0.2) is 47.4 Å². The number of aryl methyl sites for hydroxylation is 3. The molecule has 0 bridgehead atoms. The van der Waals surface area contributed by atoms with Crippen molar-refractivity contribution in [3.05, 3.63) is 59.2 Å². The number of hydrogen-bond donors (Lipinski definition) is 2. The Bertz CT molecular complexity index is 861. The summed E-state index contributed by atoms with van der Waals surface area (Å²) in [5.74, 6) is -0.225. The molecule has 134 valence electrons. The van der Waals surface area contributed by atoms with Gasteiger partial charge in [0.05, 0.1) is 4.90 Å². The zero-order valence-corrected chi connectivity index (χ0v) is 15.6. The van der Waals surface area contributed by atoms with Crippen LogP contribution < -0.4 is 10.0 Å². The summed E-state index contributed by atoms with van der Waals surface area (Å²) in [6.45, 7) is 5.77. The average Bonchev–Trinajstić information content (AvgIpc) is 2.54. The van der Waals surface area contributed by atoms with Gasteiger partial charge in [0, 0.05) is 18.7 Å². The minimum absolute atomic E-state index is 0.0505. The number of rotatable bonds is 7. The van der Waals surface area contributed by atoms with Gasteiger partial charge in [0.15, 0.2) is 0 Å². The van der Waals surface area contributed by atoms with Gasteiger partial charge in [0.1, 0.15) is 0 Å². The van der Waals surface area contributed by atoms with Crippen LogP contribution in [0.3, 0.4) is 0 Å². The highest BCUT2D eigenvalue weighted by molar-refractivity contribution is 7.89. The average molecular weight is 360 g/mol. The van der Waals surface area contributed by atoms with Gasteiger partial charge in [-0.25, -0.2) is 13.1 Å². The van der Waals surface area contributed by atoms with Gasteiger partial charge in [-0.2, -0.15) is 0 Å². The Morgan fingerprint density at radius 2 is 1.84 bits per heavy atom. The van der Waals surface area contributed by atoms with Crippen LogP contribution in [0.25, 0.3) is 0 Å². The maximum atomic E-state index is 12.3. The molecule has 25 heavy (non-hydrogen) atoms. The number of carbonyl (C=O) groups is 1. The van der Waals surface area contributed by atoms with E-state index < -0.39 is 10.0 Å². The highest BCUT2D eigenvalue weighted by Gasteiger charge is 2.16. The smallest absolute Gasteiger partial charge is 0.240 e. The third-order valence-electron chi connectivity index (χ3n) is 3.88. The van der Waals surface area contributed by atoms with Crippen LogP contribution in [0.2, 0.25) is 0 Å². The lowest BCUT2D eigenvalue weighted by Gasteiger charge is -2.10. The molecule has 0 saturated carbocycles. The van der Waals surface area contributed by atoms with Crippen LogP contribution in [0.5, 0.6) is 0 Å². The zero-order chi connectivity index (χ0) is 18.4. The van der Waals surface area contributed by atoms with E-state index in [9.17, 15) is 13.2 Å². The Hall–Kier alpha value is -2.18. The van der Waals surface area contributed by atoms with Gasteiger partial charge in [-0.05, 0) is 49.6 Å². The molecule has 0 aliphatic rings. The molecular formula is C19H24N2O3S. The van der Waals surface area contributed by atoms with Crippen molar-refractivity contribution in [3.8, 4) is 0 Å². The summed E-state index contributed by atoms with van der Waals surface area (Å²) in [6, 6.07) is 12.8. The van der Waals surface area contributed by atoms with E-state index in [1.165, 1.54) is 0 Å². The minimum atomic E-state index is -3.62. The van der Waals surface area contributed by atoms with Crippen molar-refractivity contribution in [2.24, 2.45) is 0 Å². The zero-order valence-electron chi connectivity index (χ0n) is 14.8. The van der Waals surface area contributed by atoms with Gasteiger partial charge in [-0.15, -0.1) is 0 Å². The molecule has 2 aromatic carbocycles. The van der Waals surface area contributed by atoms with E-state index in [1.807, 2.05) is 44.2 Å². The van der Waals surface area contributed by atoms with Gasteiger partial charge in [-0.1, -0.05) is 36.8 Å². The molecule has 0 radical (unpaired) electrons. The summed E-state index contributed by atoms with van der Waals surface area (Å²) in [4.78, 5) is 12.2. The molecule has 2 N–H and O–H groups in total. The van der Waals surface area contributed by atoms with E-state index in [-0.39, 0.29) is 23.8 Å². The predicted octanol–water partition coefficient (Wildman–Crippen LogP) is 3.17. The number of amides is 1. The molecule has 2 aromatic rings. The summed E-state index contributed by atoms with van der Waals surface area (Å²) in [5.41, 5.74) is 3.55. The summed E-state index contributed by atoms with van der Waals surface area (Å²) in [7, 11) is -3.62. The molecule has 0 heterocycles. The lowest BCUT2D eigenvalue weighted by atomic mass is 10.1. The number of anilines is 1. The fourth-order valence-electron chi connectivity index (χ4n) is 2.57. The van der Waals surface area contributed by atoms with E-state index in [2.05, 4.69) is 10.0 Å². The Kier molecular flexibility index (Phi) is 6.33. The van der Waals surface area contributed by atoms with Crippen molar-refractivity contribution >= 4 is 21.6 Å². The molecule has 6 heteroatoms. The fourth-order valence-corrected chi connectivity index (χ4v) is 3.83. The third kappa shape index (κ3) is 5.41. The van der Waals surface area contributed by atoms with Crippen LogP contribution in [0.4, 0.5) is 5.69 Å². The molecule has 0 fully saturated rings. The lowest BCUT2D eigenvalue weighted by Crippen LogP contribution is -2.28. The van der Waals surface area contributed by atoms with Gasteiger partial charge in [-0.3, -0.25) is 4.79 Å². The maximum absolute atomic E-state index is 12.3. The Labute approximate surface area is 149 Å². The second-order valence-corrected chi connectivity index (χ2v) is 7.75. The third-order valence-corrected chi connectivity index (χ3v) is 5.50. The molecule has 0 aliphatic heterocycles. The van der Waals surface area contributed by atoms with Crippen molar-refractivity contribution in [1.29, 1.82) is 0 Å². The summed E-state index contributed by atoms with van der Waals surface area (Å²) >= 11 is 0. The van der Waals surface area contributed by atoms with Crippen LogP contribution in [-0.4, -0.2) is 20.9 Å². The topological polar surface area (TPSA) is 75.3 Å². The first-order chi connectivity index (χ1) is 11.8. The van der Waals surface area contributed by atoms with Gasteiger partial charge < -0.3 is 5.32 Å². The van der Waals surface area contributed by atoms with E-state index in [0.717, 1.165) is 23.2 Å². The standard InChI is InChI=1S/C19H24N2O3S/c1-4-16-6-5-7-17(13-16)21-19(22)10-11-20-25(23,24)18-9-8-14(2)12-15(18)3/h5-9,12-13,20H,4,10-11H2,1-3H3,(H,21,22). The summed E-state index contributed by atoms with van der Waals surface area (Å²) < 4.78 is 27.2.